The minimum Gasteiger partial charge on any atom is -0.369 e. The van der Waals surface area contributed by atoms with Gasteiger partial charge in [0.15, 0.2) is 6.54 Å². The summed E-state index contributed by atoms with van der Waals surface area (Å²) >= 11 is 0. The molecule has 2 aliphatic rings. The van der Waals surface area contributed by atoms with Crippen LogP contribution in [0.3, 0.4) is 0 Å². The van der Waals surface area contributed by atoms with Crippen LogP contribution in [0.15, 0.2) is 24.3 Å². The molecule has 3 atom stereocenters. The van der Waals surface area contributed by atoms with Gasteiger partial charge < -0.3 is 15.5 Å². The van der Waals surface area contributed by atoms with Crippen LogP contribution in [0.2, 0.25) is 0 Å². The van der Waals surface area contributed by atoms with Crippen LogP contribution in [0.4, 0.5) is 5.69 Å². The number of anilines is 1. The smallest absolute Gasteiger partial charge is 0.282 e. The zero-order valence-electron chi connectivity index (χ0n) is 13.0. The molecule has 1 aromatic rings. The number of quaternary nitrogens is 1. The highest BCUT2D eigenvalue weighted by atomic mass is 16.2. The van der Waals surface area contributed by atoms with Crippen molar-refractivity contribution >= 4 is 17.5 Å². The van der Waals surface area contributed by atoms with Crippen LogP contribution < -0.4 is 15.5 Å². The Bertz CT molecular complexity index is 587. The van der Waals surface area contributed by atoms with E-state index in [1.807, 2.05) is 23.1 Å². The zero-order chi connectivity index (χ0) is 15.7. The van der Waals surface area contributed by atoms with Crippen LogP contribution in [0.5, 0.6) is 0 Å². The number of likely N-dealkylation sites (tertiary alicyclic amines) is 1. The molecular weight excluding hydrogens is 278 g/mol. The second kappa shape index (κ2) is 6.08. The van der Waals surface area contributed by atoms with E-state index in [9.17, 15) is 9.59 Å². The van der Waals surface area contributed by atoms with Gasteiger partial charge in [-0.25, -0.2) is 0 Å². The molecule has 3 N–H and O–H groups in total. The maximum absolute atomic E-state index is 12.8. The van der Waals surface area contributed by atoms with Gasteiger partial charge in [0.25, 0.3) is 5.91 Å². The van der Waals surface area contributed by atoms with Gasteiger partial charge in [-0.1, -0.05) is 18.2 Å². The normalized spacial score (nSPS) is 27.5. The largest absolute Gasteiger partial charge is 0.369 e. The average Bonchev–Trinajstić information content (AvgIpc) is 2.83. The summed E-state index contributed by atoms with van der Waals surface area (Å²) in [5.74, 6) is -0.165. The fraction of sp³-hybridized carbons (Fsp3) is 0.529. The van der Waals surface area contributed by atoms with Crippen molar-refractivity contribution in [1.82, 2.24) is 0 Å². The molecule has 5 heteroatoms. The lowest BCUT2D eigenvalue weighted by atomic mass is 9.97. The quantitative estimate of drug-likeness (QED) is 0.808. The Balaban J connectivity index is 1.68. The number of piperidine rings is 1. The molecule has 1 aromatic carbocycles. The second-order valence-corrected chi connectivity index (χ2v) is 6.57. The molecule has 2 aliphatic heterocycles. The fourth-order valence-corrected chi connectivity index (χ4v) is 3.80. The average molecular weight is 302 g/mol. The van der Waals surface area contributed by atoms with Gasteiger partial charge in [-0.2, -0.15) is 0 Å². The number of nitrogens with two attached hydrogens (primary N) is 1. The van der Waals surface area contributed by atoms with Gasteiger partial charge in [-0.05, 0) is 37.8 Å². The van der Waals surface area contributed by atoms with Gasteiger partial charge in [0, 0.05) is 11.7 Å². The van der Waals surface area contributed by atoms with E-state index < -0.39 is 0 Å². The van der Waals surface area contributed by atoms with E-state index in [1.54, 1.807) is 0 Å². The lowest BCUT2D eigenvalue weighted by Gasteiger charge is -2.30. The molecule has 118 valence electrons. The number of hydrogen-bond acceptors (Lipinski definition) is 2. The van der Waals surface area contributed by atoms with Gasteiger partial charge in [0.2, 0.25) is 5.91 Å². The van der Waals surface area contributed by atoms with E-state index in [1.165, 1.54) is 10.5 Å². The Hall–Kier alpha value is -1.88. The number of primary amides is 1. The van der Waals surface area contributed by atoms with Crippen molar-refractivity contribution < 1.29 is 14.5 Å². The van der Waals surface area contributed by atoms with Gasteiger partial charge >= 0.3 is 0 Å². The number of fused-ring (bicyclic) bond motifs is 1. The third-order valence-electron chi connectivity index (χ3n) is 4.90. The van der Waals surface area contributed by atoms with Gasteiger partial charge in [0.1, 0.15) is 0 Å². The number of para-hydroxylation sites is 1. The summed E-state index contributed by atoms with van der Waals surface area (Å²) < 4.78 is 0. The topological polar surface area (TPSA) is 67.8 Å². The Morgan fingerprint density at radius 3 is 2.91 bits per heavy atom. The first-order valence-corrected chi connectivity index (χ1v) is 8.09. The number of carbonyl (C=O) groups excluding carboxylic acids is 2. The van der Waals surface area contributed by atoms with Gasteiger partial charge in [0.05, 0.1) is 19.0 Å². The highest BCUT2D eigenvalue weighted by molar-refractivity contribution is 5.96. The number of nitrogens with one attached hydrogen (secondary N) is 1. The molecule has 1 saturated heterocycles. The maximum atomic E-state index is 12.8. The first kappa shape index (κ1) is 15.0. The van der Waals surface area contributed by atoms with Crippen molar-refractivity contribution in [2.75, 3.05) is 24.5 Å². The Kier molecular flexibility index (Phi) is 4.16. The number of hydrogen-bond donors (Lipinski definition) is 2. The van der Waals surface area contributed by atoms with Crippen LogP contribution in [-0.2, 0) is 16.0 Å². The molecule has 0 bridgehead atoms. The molecule has 22 heavy (non-hydrogen) atoms. The summed E-state index contributed by atoms with van der Waals surface area (Å²) in [5.41, 5.74) is 7.71. The predicted molar refractivity (Wildman–Crippen MR) is 84.6 cm³/mol. The molecule has 0 radical (unpaired) electrons. The summed E-state index contributed by atoms with van der Waals surface area (Å²) in [5, 5.41) is 0. The number of benzene rings is 1. The van der Waals surface area contributed by atoms with Crippen molar-refractivity contribution in [3.05, 3.63) is 29.8 Å². The van der Waals surface area contributed by atoms with Crippen molar-refractivity contribution in [3.63, 3.8) is 0 Å². The number of nitrogens with zero attached hydrogens (tertiary/aromatic N) is 1. The molecular formula is C17H24N3O2+. The third kappa shape index (κ3) is 2.86. The summed E-state index contributed by atoms with van der Waals surface area (Å²) in [6.07, 6.45) is 2.74. The van der Waals surface area contributed by atoms with Crippen LogP contribution in [0.1, 0.15) is 25.3 Å². The number of amides is 2. The summed E-state index contributed by atoms with van der Waals surface area (Å²) in [4.78, 5) is 27.2. The molecule has 0 aromatic heterocycles. The standard InChI is InChI=1S/C17H23N3O2/c1-12-9-13-5-2-3-7-15(13)20(12)16(21)11-19-8-4-6-14(10-19)17(18)22/h2-3,5,7,12,14H,4,6,8-11H2,1H3,(H2,18,22)/p+1/t12-,14+/m1/s1. The summed E-state index contributed by atoms with van der Waals surface area (Å²) in [6.45, 7) is 4.17. The van der Waals surface area contributed by atoms with E-state index in [4.69, 9.17) is 5.73 Å². The van der Waals surface area contributed by atoms with Crippen LogP contribution in [0, 0.1) is 5.92 Å². The van der Waals surface area contributed by atoms with Crippen molar-refractivity contribution in [1.29, 1.82) is 0 Å². The van der Waals surface area contributed by atoms with Gasteiger partial charge in [-0.3, -0.25) is 9.59 Å². The first-order valence-electron chi connectivity index (χ1n) is 8.09. The highest BCUT2D eigenvalue weighted by Crippen LogP contribution is 2.31. The molecule has 2 heterocycles. The summed E-state index contributed by atoms with van der Waals surface area (Å²) in [7, 11) is 0. The van der Waals surface area contributed by atoms with Crippen molar-refractivity contribution in [2.45, 2.75) is 32.2 Å². The maximum Gasteiger partial charge on any atom is 0.282 e. The second-order valence-electron chi connectivity index (χ2n) is 6.57. The van der Waals surface area contributed by atoms with E-state index in [0.29, 0.717) is 13.1 Å². The number of rotatable bonds is 3. The zero-order valence-corrected chi connectivity index (χ0v) is 13.0. The monoisotopic (exact) mass is 302 g/mol. The lowest BCUT2D eigenvalue weighted by molar-refractivity contribution is -0.899. The Morgan fingerprint density at radius 2 is 2.14 bits per heavy atom. The van der Waals surface area contributed by atoms with Crippen LogP contribution in [-0.4, -0.2) is 37.5 Å². The van der Waals surface area contributed by atoms with E-state index in [-0.39, 0.29) is 23.8 Å². The van der Waals surface area contributed by atoms with E-state index in [2.05, 4.69) is 13.0 Å². The fourth-order valence-electron chi connectivity index (χ4n) is 3.80. The minimum absolute atomic E-state index is 0.0835. The van der Waals surface area contributed by atoms with Gasteiger partial charge in [-0.15, -0.1) is 0 Å². The van der Waals surface area contributed by atoms with Crippen molar-refractivity contribution in [3.8, 4) is 0 Å². The van der Waals surface area contributed by atoms with Crippen LogP contribution in [0.25, 0.3) is 0 Å². The Labute approximate surface area is 131 Å². The minimum atomic E-state index is -0.232. The molecule has 0 saturated carbocycles. The third-order valence-corrected chi connectivity index (χ3v) is 4.90. The highest BCUT2D eigenvalue weighted by Gasteiger charge is 2.34. The molecule has 2 amide bonds. The van der Waals surface area contributed by atoms with E-state index in [0.717, 1.165) is 31.5 Å². The first-order chi connectivity index (χ1) is 10.6. The molecule has 1 unspecified atom stereocenters. The molecule has 1 fully saturated rings. The SMILES string of the molecule is C[C@@H]1Cc2ccccc2N1C(=O)C[NH+]1CCC[C@H](C(N)=O)C1. The van der Waals surface area contributed by atoms with Crippen molar-refractivity contribution in [2.24, 2.45) is 11.7 Å². The van der Waals surface area contributed by atoms with E-state index >= 15 is 0 Å². The number of carbonyl (C=O) groups is 2. The molecule has 0 spiro atoms. The van der Waals surface area contributed by atoms with Crippen LogP contribution >= 0.6 is 0 Å². The summed E-state index contributed by atoms with van der Waals surface area (Å²) in [6, 6.07) is 8.33. The molecule has 3 rings (SSSR count). The molecule has 0 aliphatic carbocycles. The molecule has 5 nitrogen and oxygen atoms in total. The lowest BCUT2D eigenvalue weighted by Crippen LogP contribution is -3.15. The Morgan fingerprint density at radius 1 is 1.36 bits per heavy atom. The predicted octanol–water partition coefficient (Wildman–Crippen LogP) is -0.256.